The summed E-state index contributed by atoms with van der Waals surface area (Å²) in [7, 11) is -3.27. The second-order valence-electron chi connectivity index (χ2n) is 5.81. The highest BCUT2D eigenvalue weighted by atomic mass is 32.2. The van der Waals surface area contributed by atoms with Gasteiger partial charge in [-0.05, 0) is 36.6 Å². The van der Waals surface area contributed by atoms with Crippen LogP contribution in [-0.4, -0.2) is 19.4 Å². The van der Waals surface area contributed by atoms with E-state index in [0.717, 1.165) is 29.8 Å². The van der Waals surface area contributed by atoms with Crippen molar-refractivity contribution in [1.29, 1.82) is 0 Å². The van der Waals surface area contributed by atoms with Gasteiger partial charge in [-0.25, -0.2) is 13.1 Å². The van der Waals surface area contributed by atoms with Crippen molar-refractivity contribution in [2.45, 2.75) is 38.7 Å². The zero-order valence-electron chi connectivity index (χ0n) is 13.5. The Morgan fingerprint density at radius 2 is 1.65 bits per heavy atom. The molecule has 0 radical (unpaired) electrons. The minimum absolute atomic E-state index is 0.00851. The van der Waals surface area contributed by atoms with E-state index in [2.05, 4.69) is 15.0 Å². The molecule has 0 saturated carbocycles. The molecule has 0 fully saturated rings. The number of benzene rings is 1. The lowest BCUT2D eigenvalue weighted by Crippen LogP contribution is -2.31. The first-order valence-corrected chi connectivity index (χ1v) is 9.27. The molecule has 0 bridgehead atoms. The molecule has 124 valence electrons. The molecule has 1 aromatic heterocycles. The second-order valence-corrected chi connectivity index (χ2v) is 7.57. The summed E-state index contributed by atoms with van der Waals surface area (Å²) in [6.07, 6.45) is 3.59. The van der Waals surface area contributed by atoms with E-state index in [1.54, 1.807) is 6.20 Å². The van der Waals surface area contributed by atoms with Gasteiger partial charge in [-0.1, -0.05) is 30.3 Å². The van der Waals surface area contributed by atoms with E-state index in [9.17, 15) is 8.42 Å². The van der Waals surface area contributed by atoms with Crippen LogP contribution in [0.3, 0.4) is 0 Å². The highest BCUT2D eigenvalue weighted by Gasteiger charge is 2.12. The first-order valence-electron chi connectivity index (χ1n) is 7.62. The molecule has 0 aliphatic carbocycles. The van der Waals surface area contributed by atoms with Gasteiger partial charge in [0.1, 0.15) is 0 Å². The topological polar surface area (TPSA) is 71.1 Å². The van der Waals surface area contributed by atoms with Gasteiger partial charge in [0.05, 0.1) is 5.75 Å². The van der Waals surface area contributed by atoms with Crippen molar-refractivity contribution in [3.05, 3.63) is 65.5 Å². The van der Waals surface area contributed by atoms with Gasteiger partial charge in [-0.3, -0.25) is 4.98 Å². The van der Waals surface area contributed by atoms with Crippen molar-refractivity contribution in [2.75, 3.05) is 0 Å². The standard InChI is InChI=1S/C17H23N3O2S/c1-14(2)20-23(21,22)13-16-7-5-15(6-8-16)10-19-12-17-4-3-9-18-11-17/h3-9,11,14,19-20H,10,12-13H2,1-2H3. The van der Waals surface area contributed by atoms with Crippen LogP contribution in [0, 0.1) is 0 Å². The SMILES string of the molecule is CC(C)NS(=O)(=O)Cc1ccc(CNCc2cccnc2)cc1. The quantitative estimate of drug-likeness (QED) is 0.777. The Labute approximate surface area is 138 Å². The van der Waals surface area contributed by atoms with Gasteiger partial charge in [-0.15, -0.1) is 0 Å². The summed E-state index contributed by atoms with van der Waals surface area (Å²) in [4.78, 5) is 4.07. The fraction of sp³-hybridized carbons (Fsp3) is 0.353. The van der Waals surface area contributed by atoms with Crippen LogP contribution in [0.1, 0.15) is 30.5 Å². The summed E-state index contributed by atoms with van der Waals surface area (Å²) in [5, 5.41) is 3.34. The molecule has 2 rings (SSSR count). The maximum absolute atomic E-state index is 11.9. The third-order valence-corrected chi connectivity index (χ3v) is 4.72. The number of nitrogens with zero attached hydrogens (tertiary/aromatic N) is 1. The summed E-state index contributed by atoms with van der Waals surface area (Å²) in [5.41, 5.74) is 3.04. The third kappa shape index (κ3) is 6.48. The molecule has 0 aliphatic rings. The summed E-state index contributed by atoms with van der Waals surface area (Å²) < 4.78 is 26.4. The molecule has 1 heterocycles. The molecular formula is C17H23N3O2S. The molecule has 0 amide bonds. The molecule has 6 heteroatoms. The third-order valence-electron chi connectivity index (χ3n) is 3.18. The maximum Gasteiger partial charge on any atom is 0.216 e. The van der Waals surface area contributed by atoms with Crippen LogP contribution in [0.2, 0.25) is 0 Å². The van der Waals surface area contributed by atoms with E-state index in [1.807, 2.05) is 56.4 Å². The van der Waals surface area contributed by atoms with Crippen molar-refractivity contribution < 1.29 is 8.42 Å². The molecule has 23 heavy (non-hydrogen) atoms. The number of sulfonamides is 1. The predicted molar refractivity (Wildman–Crippen MR) is 92.1 cm³/mol. The lowest BCUT2D eigenvalue weighted by atomic mass is 10.1. The molecule has 2 N–H and O–H groups in total. The number of nitrogens with one attached hydrogen (secondary N) is 2. The monoisotopic (exact) mass is 333 g/mol. The van der Waals surface area contributed by atoms with Gasteiger partial charge >= 0.3 is 0 Å². The Hall–Kier alpha value is -1.76. The van der Waals surface area contributed by atoms with Crippen molar-refractivity contribution in [3.63, 3.8) is 0 Å². The predicted octanol–water partition coefficient (Wildman–Crippen LogP) is 2.20. The second kappa shape index (κ2) is 8.19. The zero-order valence-corrected chi connectivity index (χ0v) is 14.3. The van der Waals surface area contributed by atoms with Gasteiger partial charge in [0.15, 0.2) is 0 Å². The van der Waals surface area contributed by atoms with Crippen LogP contribution in [0.25, 0.3) is 0 Å². The molecule has 0 aliphatic heterocycles. The van der Waals surface area contributed by atoms with Crippen LogP contribution in [-0.2, 0) is 28.9 Å². The van der Waals surface area contributed by atoms with E-state index in [4.69, 9.17) is 0 Å². The molecule has 0 atom stereocenters. The fourth-order valence-corrected chi connectivity index (χ4v) is 3.66. The molecule has 5 nitrogen and oxygen atoms in total. The number of pyridine rings is 1. The van der Waals surface area contributed by atoms with Crippen molar-refractivity contribution >= 4 is 10.0 Å². The van der Waals surface area contributed by atoms with E-state index < -0.39 is 10.0 Å². The highest BCUT2D eigenvalue weighted by molar-refractivity contribution is 7.88. The maximum atomic E-state index is 11.9. The van der Waals surface area contributed by atoms with E-state index >= 15 is 0 Å². The van der Waals surface area contributed by atoms with E-state index in [0.29, 0.717) is 0 Å². The van der Waals surface area contributed by atoms with Gasteiger partial charge in [0, 0.05) is 31.5 Å². The Balaban J connectivity index is 1.85. The molecule has 0 saturated heterocycles. The Morgan fingerprint density at radius 3 is 2.26 bits per heavy atom. The van der Waals surface area contributed by atoms with Crippen molar-refractivity contribution in [2.24, 2.45) is 0 Å². The lowest BCUT2D eigenvalue weighted by molar-refractivity contribution is 0.569. The first kappa shape index (κ1) is 17.6. The normalized spacial score (nSPS) is 11.8. The van der Waals surface area contributed by atoms with Gasteiger partial charge < -0.3 is 5.32 Å². The molecule has 0 spiro atoms. The van der Waals surface area contributed by atoms with Crippen LogP contribution < -0.4 is 10.0 Å². The zero-order chi connectivity index (χ0) is 16.7. The van der Waals surface area contributed by atoms with Crippen molar-refractivity contribution in [3.8, 4) is 0 Å². The van der Waals surface area contributed by atoms with E-state index in [-0.39, 0.29) is 11.8 Å². The summed E-state index contributed by atoms with van der Waals surface area (Å²) in [5.74, 6) is 0.00851. The number of hydrogen-bond donors (Lipinski definition) is 2. The number of hydrogen-bond acceptors (Lipinski definition) is 4. The fourth-order valence-electron chi connectivity index (χ4n) is 2.23. The summed E-state index contributed by atoms with van der Waals surface area (Å²) in [6, 6.07) is 11.5. The van der Waals surface area contributed by atoms with Crippen LogP contribution in [0.4, 0.5) is 0 Å². The van der Waals surface area contributed by atoms with Gasteiger partial charge in [0.25, 0.3) is 0 Å². The molecule has 2 aromatic rings. The van der Waals surface area contributed by atoms with Gasteiger partial charge in [-0.2, -0.15) is 0 Å². The first-order chi connectivity index (χ1) is 10.9. The lowest BCUT2D eigenvalue weighted by Gasteiger charge is -2.10. The summed E-state index contributed by atoms with van der Waals surface area (Å²) in [6.45, 7) is 5.11. The molecule has 0 unspecified atom stereocenters. The molecule has 1 aromatic carbocycles. The van der Waals surface area contributed by atoms with Crippen LogP contribution in [0.15, 0.2) is 48.8 Å². The minimum Gasteiger partial charge on any atom is -0.309 e. The molecular weight excluding hydrogens is 310 g/mol. The smallest absolute Gasteiger partial charge is 0.216 e. The Bertz CT molecular complexity index is 698. The average molecular weight is 333 g/mol. The summed E-state index contributed by atoms with van der Waals surface area (Å²) >= 11 is 0. The Kier molecular flexibility index (Phi) is 6.27. The van der Waals surface area contributed by atoms with E-state index in [1.165, 1.54) is 0 Å². The number of rotatable bonds is 8. The highest BCUT2D eigenvalue weighted by Crippen LogP contribution is 2.08. The largest absolute Gasteiger partial charge is 0.309 e. The average Bonchev–Trinajstić information content (AvgIpc) is 2.48. The van der Waals surface area contributed by atoms with Crippen LogP contribution >= 0.6 is 0 Å². The van der Waals surface area contributed by atoms with Gasteiger partial charge in [0.2, 0.25) is 10.0 Å². The van der Waals surface area contributed by atoms with Crippen LogP contribution in [0.5, 0.6) is 0 Å². The minimum atomic E-state index is -3.27. The Morgan fingerprint density at radius 1 is 1.00 bits per heavy atom. The number of aromatic nitrogens is 1. The van der Waals surface area contributed by atoms with Crippen molar-refractivity contribution in [1.82, 2.24) is 15.0 Å².